The fraction of sp³-hybridized carbons (Fsp3) is 0. The maximum absolute atomic E-state index is 7.33. The molecule has 0 aliphatic heterocycles. The minimum atomic E-state index is -4.61. The van der Waals surface area contributed by atoms with Crippen LogP contribution in [-0.2, 0) is 0 Å². The molecule has 0 radical (unpaired) electrons. The van der Waals surface area contributed by atoms with Crippen molar-refractivity contribution in [1.29, 1.82) is 0 Å². The second-order valence-electron chi connectivity index (χ2n) is 0.600. The number of hydrogen-bond acceptors (Lipinski definition) is 4. The van der Waals surface area contributed by atoms with Gasteiger partial charge in [-0.1, -0.05) is 0 Å². The molecule has 9 heavy (non-hydrogen) atoms. The van der Waals surface area contributed by atoms with Gasteiger partial charge in [0.2, 0.25) is 0 Å². The van der Waals surface area contributed by atoms with E-state index in [0.717, 1.165) is 0 Å². The van der Waals surface area contributed by atoms with Gasteiger partial charge in [0.25, 0.3) is 0 Å². The van der Waals surface area contributed by atoms with Gasteiger partial charge in [0, 0.05) is 0 Å². The maximum atomic E-state index is 7.33. The summed E-state index contributed by atoms with van der Waals surface area (Å²) < 4.78 is 0. The molecular formula is H11AlCaLiNaO4Si. The van der Waals surface area contributed by atoms with Gasteiger partial charge >= 0.3 is 95.2 Å². The van der Waals surface area contributed by atoms with Crippen LogP contribution in [0.25, 0.3) is 0 Å². The van der Waals surface area contributed by atoms with E-state index in [2.05, 4.69) is 0 Å². The third-order valence-corrected chi connectivity index (χ3v) is 0. The summed E-state index contributed by atoms with van der Waals surface area (Å²) in [6.45, 7) is 0. The Balaban J connectivity index is -0.0000000133. The molecule has 0 fully saturated rings. The van der Waals surface area contributed by atoms with Crippen LogP contribution in [0.1, 0.15) is 0 Å². The van der Waals surface area contributed by atoms with Crippen LogP contribution < -0.4 is 0 Å². The van der Waals surface area contributed by atoms with Gasteiger partial charge in [0.15, 0.2) is 17.4 Å². The summed E-state index contributed by atoms with van der Waals surface area (Å²) in [5, 5.41) is 0. The van der Waals surface area contributed by atoms with Gasteiger partial charge in [0.05, 0.1) is 0 Å². The van der Waals surface area contributed by atoms with Gasteiger partial charge in [-0.2, -0.15) is 0 Å². The molecule has 9 heteroatoms. The minimum absolute atomic E-state index is 0. The zero-order valence-electron chi connectivity index (χ0n) is 2.29. The van der Waals surface area contributed by atoms with Gasteiger partial charge in [0.1, 0.15) is 0 Å². The van der Waals surface area contributed by atoms with Crippen LogP contribution >= 0.6 is 0 Å². The summed E-state index contributed by atoms with van der Waals surface area (Å²) >= 11 is 0. The van der Waals surface area contributed by atoms with Crippen LogP contribution in [0.4, 0.5) is 0 Å². The molecule has 46 valence electrons. The van der Waals surface area contributed by atoms with E-state index >= 15 is 0 Å². The van der Waals surface area contributed by atoms with Crippen LogP contribution in [0, 0.1) is 0 Å². The van der Waals surface area contributed by atoms with Gasteiger partial charge in [-0.05, 0) is 0 Å². The van der Waals surface area contributed by atoms with E-state index in [4.69, 9.17) is 19.2 Å². The predicted octanol–water partition coefficient (Wildman–Crippen LogP) is -6.01. The van der Waals surface area contributed by atoms with E-state index in [0.29, 0.717) is 0 Å². The van der Waals surface area contributed by atoms with Crippen LogP contribution in [0.3, 0.4) is 0 Å². The first-order valence-corrected chi connectivity index (χ1v) is 2.68. The third-order valence-electron chi connectivity index (χ3n) is 0. The van der Waals surface area contributed by atoms with Crippen molar-refractivity contribution in [3.8, 4) is 0 Å². The normalized spacial score (nSPS) is 6.67. The molecule has 4 nitrogen and oxygen atoms in total. The molecule has 4 N–H and O–H groups in total. The quantitative estimate of drug-likeness (QED) is 0.293. The molecule has 0 saturated heterocycles. The molecule has 0 aromatic carbocycles. The van der Waals surface area contributed by atoms with Gasteiger partial charge < -0.3 is 19.2 Å². The van der Waals surface area contributed by atoms with Crippen molar-refractivity contribution in [3.63, 3.8) is 0 Å². The van der Waals surface area contributed by atoms with Crippen LogP contribution in [0.15, 0.2) is 0 Å². The van der Waals surface area contributed by atoms with E-state index in [1.165, 1.54) is 0 Å². The third kappa shape index (κ3) is 86.0. The average Bonchev–Trinajstić information content (AvgIpc) is 0.722. The monoisotopic (exact) mass is 200 g/mol. The first kappa shape index (κ1) is 29.4. The van der Waals surface area contributed by atoms with Crippen molar-refractivity contribution in [2.75, 3.05) is 0 Å². The summed E-state index contributed by atoms with van der Waals surface area (Å²) in [7, 11) is -4.61. The van der Waals surface area contributed by atoms with E-state index < -0.39 is 9.05 Å². The Kier molecular flexibility index (Phi) is 45.7. The Morgan fingerprint density at radius 3 is 0.889 bits per heavy atom. The van der Waals surface area contributed by atoms with E-state index in [9.17, 15) is 0 Å². The SMILES string of the molecule is O[Si](O)(O)O.[AlH3].[CaH2].[LiH].[NaH]. The Morgan fingerprint density at radius 2 is 0.889 bits per heavy atom. The Morgan fingerprint density at radius 1 is 0.889 bits per heavy atom. The van der Waals surface area contributed by atoms with Crippen LogP contribution in [0.5, 0.6) is 0 Å². The first-order valence-electron chi connectivity index (χ1n) is 0.894. The van der Waals surface area contributed by atoms with Crippen LogP contribution in [-0.4, -0.2) is 132 Å². The fourth-order valence-electron chi connectivity index (χ4n) is 0. The van der Waals surface area contributed by atoms with E-state index in [1.807, 2.05) is 0 Å². The second-order valence-corrected chi connectivity index (χ2v) is 1.80. The van der Waals surface area contributed by atoms with Crippen molar-refractivity contribution in [2.24, 2.45) is 0 Å². The number of hydrogen-bond donors (Lipinski definition) is 4. The Hall–Kier alpha value is 3.45. The van der Waals surface area contributed by atoms with Crippen molar-refractivity contribution >= 4 is 113 Å². The van der Waals surface area contributed by atoms with Gasteiger partial charge in [-0.15, -0.1) is 0 Å². The van der Waals surface area contributed by atoms with Crippen molar-refractivity contribution in [1.82, 2.24) is 0 Å². The molecule has 0 aromatic heterocycles. The van der Waals surface area contributed by atoms with E-state index in [1.54, 1.807) is 0 Å². The molecule has 0 heterocycles. The molecule has 0 bridgehead atoms. The summed E-state index contributed by atoms with van der Waals surface area (Å²) in [6, 6.07) is 0. The Labute approximate surface area is 129 Å². The van der Waals surface area contributed by atoms with Gasteiger partial charge in [-0.3, -0.25) is 0 Å². The second kappa shape index (κ2) is 14.0. The Bertz CT molecular complexity index is 36.0. The molecule has 0 aliphatic rings. The van der Waals surface area contributed by atoms with Crippen molar-refractivity contribution < 1.29 is 19.2 Å². The van der Waals surface area contributed by atoms with Crippen molar-refractivity contribution in [2.45, 2.75) is 0 Å². The summed E-state index contributed by atoms with van der Waals surface area (Å²) in [5.41, 5.74) is 0. The molecule has 0 saturated carbocycles. The predicted molar refractivity (Wildman–Crippen MR) is 47.4 cm³/mol. The first-order chi connectivity index (χ1) is 2.00. The summed E-state index contributed by atoms with van der Waals surface area (Å²) in [6.07, 6.45) is 0. The van der Waals surface area contributed by atoms with Crippen LogP contribution in [0.2, 0.25) is 0 Å². The van der Waals surface area contributed by atoms with Crippen molar-refractivity contribution in [3.05, 3.63) is 0 Å². The molecule has 0 unspecified atom stereocenters. The average molecular weight is 200 g/mol. The number of rotatable bonds is 0. The molecule has 0 spiro atoms. The fourth-order valence-corrected chi connectivity index (χ4v) is 0. The van der Waals surface area contributed by atoms with Gasteiger partial charge in [-0.25, -0.2) is 0 Å². The summed E-state index contributed by atoms with van der Waals surface area (Å²) in [5.74, 6) is 0. The molecule has 0 atom stereocenters. The molecule has 0 rings (SSSR count). The molecular weight excluding hydrogens is 189 g/mol. The zero-order valence-corrected chi connectivity index (χ0v) is 3.29. The molecule has 0 amide bonds. The standard InChI is InChI=1S/Al.Ca.Li.Na.H4O4Si.7H/c;;;;1-5(2,3)4;;;;;;;/h;;;;1-4H;;;;;;;. The van der Waals surface area contributed by atoms with E-state index in [-0.39, 0.29) is 104 Å². The molecule has 0 aliphatic carbocycles. The molecule has 0 aromatic rings. The summed E-state index contributed by atoms with van der Waals surface area (Å²) in [4.78, 5) is 29.3. The zero-order chi connectivity index (χ0) is 4.50. The topological polar surface area (TPSA) is 80.9 Å².